The van der Waals surface area contributed by atoms with E-state index in [-0.39, 0.29) is 5.43 Å². The number of rotatable bonds is 3. The molecule has 0 atom stereocenters. The molecule has 0 aliphatic rings. The van der Waals surface area contributed by atoms with Crippen LogP contribution in [0, 0.1) is 0 Å². The maximum atomic E-state index is 12.8. The van der Waals surface area contributed by atoms with Crippen LogP contribution >= 0.6 is 0 Å². The number of aliphatic imine (C=N–C) groups is 1. The van der Waals surface area contributed by atoms with Gasteiger partial charge in [0.15, 0.2) is 5.43 Å². The van der Waals surface area contributed by atoms with Crippen molar-refractivity contribution >= 4 is 27.9 Å². The second-order valence-electron chi connectivity index (χ2n) is 7.36. The average molecular weight is 444 g/mol. The van der Waals surface area contributed by atoms with E-state index in [9.17, 15) is 4.79 Å². The number of nitrogens with two attached hydrogens (primary N) is 1. The van der Waals surface area contributed by atoms with Crippen molar-refractivity contribution in [3.05, 3.63) is 82.4 Å². The van der Waals surface area contributed by atoms with Gasteiger partial charge in [-0.05, 0) is 36.9 Å². The second kappa shape index (κ2) is 12.4. The fourth-order valence-electron chi connectivity index (χ4n) is 3.15. The zero-order chi connectivity index (χ0) is 24.4. The van der Waals surface area contributed by atoms with Crippen molar-refractivity contribution in [1.29, 1.82) is 0 Å². The van der Waals surface area contributed by atoms with E-state index in [0.29, 0.717) is 22.8 Å². The van der Waals surface area contributed by atoms with Crippen molar-refractivity contribution in [3.8, 4) is 11.1 Å². The Bertz CT molecular complexity index is 1340. The van der Waals surface area contributed by atoms with Crippen molar-refractivity contribution < 1.29 is 0 Å². The molecule has 0 amide bonds. The molecule has 172 valence electrons. The van der Waals surface area contributed by atoms with Crippen LogP contribution in [0.3, 0.4) is 0 Å². The van der Waals surface area contributed by atoms with Crippen molar-refractivity contribution in [2.45, 2.75) is 27.7 Å². The fourth-order valence-corrected chi connectivity index (χ4v) is 3.15. The van der Waals surface area contributed by atoms with Crippen LogP contribution < -0.4 is 11.2 Å². The molecule has 0 radical (unpaired) electrons. The van der Waals surface area contributed by atoms with Gasteiger partial charge in [0, 0.05) is 61.1 Å². The minimum Gasteiger partial charge on any atom is -0.327 e. The Morgan fingerprint density at radius 1 is 1.06 bits per heavy atom. The highest BCUT2D eigenvalue weighted by Crippen LogP contribution is 2.21. The monoisotopic (exact) mass is 443 g/mol. The summed E-state index contributed by atoms with van der Waals surface area (Å²) >= 11 is 0. The summed E-state index contributed by atoms with van der Waals surface area (Å²) in [6.07, 6.45) is 7.29. The summed E-state index contributed by atoms with van der Waals surface area (Å²) in [5.41, 5.74) is 10.3. The standard InChI is InChI=1S/C18H13N3O.C7H14N2.C2H6/c1-21-11-14(10-20-21)13-8-16-17(19-9-13)7-6-12-4-2-3-5-15(12)18(16)22;1-6(4-8)7(2)5-9-3;1-2/h2-11H,1H3;5H,4,8H2,1-3H3;1-2H3/b;7-6+,9-5?;. The molecule has 0 saturated heterocycles. The summed E-state index contributed by atoms with van der Waals surface area (Å²) in [5.74, 6) is 0. The van der Waals surface area contributed by atoms with Gasteiger partial charge in [-0.15, -0.1) is 0 Å². The highest BCUT2D eigenvalue weighted by Gasteiger charge is 2.07. The molecule has 6 nitrogen and oxygen atoms in total. The van der Waals surface area contributed by atoms with Crippen molar-refractivity contribution in [2.24, 2.45) is 17.8 Å². The summed E-state index contributed by atoms with van der Waals surface area (Å²) in [5, 5.41) is 6.43. The Hall–Kier alpha value is -3.64. The van der Waals surface area contributed by atoms with Crippen molar-refractivity contribution in [1.82, 2.24) is 14.8 Å². The van der Waals surface area contributed by atoms with Crippen LogP contribution in [0.4, 0.5) is 0 Å². The lowest BCUT2D eigenvalue weighted by atomic mass is 10.1. The Morgan fingerprint density at radius 2 is 1.79 bits per heavy atom. The van der Waals surface area contributed by atoms with E-state index in [1.807, 2.05) is 89.6 Å². The maximum absolute atomic E-state index is 12.8. The summed E-state index contributed by atoms with van der Waals surface area (Å²) in [4.78, 5) is 21.1. The Morgan fingerprint density at radius 3 is 2.42 bits per heavy atom. The summed E-state index contributed by atoms with van der Waals surface area (Å²) < 4.78 is 1.73. The predicted octanol–water partition coefficient (Wildman–Crippen LogP) is 5.16. The smallest absolute Gasteiger partial charge is 0.195 e. The number of fused-ring (bicyclic) bond motifs is 2. The van der Waals surface area contributed by atoms with Crippen LogP contribution in [-0.2, 0) is 7.05 Å². The number of aryl methyl sites for hydroxylation is 1. The molecule has 2 aromatic carbocycles. The van der Waals surface area contributed by atoms with E-state index in [1.165, 1.54) is 11.1 Å². The van der Waals surface area contributed by atoms with E-state index in [4.69, 9.17) is 5.73 Å². The maximum Gasteiger partial charge on any atom is 0.195 e. The molecule has 0 unspecified atom stereocenters. The molecule has 4 aromatic rings. The van der Waals surface area contributed by atoms with Gasteiger partial charge < -0.3 is 5.73 Å². The third kappa shape index (κ3) is 6.43. The van der Waals surface area contributed by atoms with Crippen molar-refractivity contribution in [3.63, 3.8) is 0 Å². The quantitative estimate of drug-likeness (QED) is 0.443. The zero-order valence-corrected chi connectivity index (χ0v) is 20.3. The highest BCUT2D eigenvalue weighted by atomic mass is 16.1. The predicted molar refractivity (Wildman–Crippen MR) is 141 cm³/mol. The van der Waals surface area contributed by atoms with E-state index in [2.05, 4.69) is 15.1 Å². The molecule has 33 heavy (non-hydrogen) atoms. The highest BCUT2D eigenvalue weighted by molar-refractivity contribution is 5.93. The van der Waals surface area contributed by atoms with Crippen LogP contribution in [0.5, 0.6) is 0 Å². The first kappa shape index (κ1) is 25.6. The van der Waals surface area contributed by atoms with Crippen LogP contribution in [0.15, 0.2) is 82.0 Å². The van der Waals surface area contributed by atoms with Gasteiger partial charge in [-0.1, -0.05) is 49.8 Å². The number of hydrogen-bond donors (Lipinski definition) is 1. The first-order chi connectivity index (χ1) is 15.9. The zero-order valence-electron chi connectivity index (χ0n) is 20.3. The topological polar surface area (TPSA) is 86.2 Å². The Balaban J connectivity index is 0.000000299. The minimum absolute atomic E-state index is 0.00819. The molecular formula is C27H33N5O. The first-order valence-corrected chi connectivity index (χ1v) is 11.0. The molecule has 0 aliphatic carbocycles. The number of allylic oxidation sites excluding steroid dienone is 1. The van der Waals surface area contributed by atoms with Gasteiger partial charge in [0.1, 0.15) is 0 Å². The molecule has 4 rings (SSSR count). The second-order valence-corrected chi connectivity index (χ2v) is 7.36. The average Bonchev–Trinajstić information content (AvgIpc) is 3.24. The molecule has 2 aromatic heterocycles. The Labute approximate surface area is 195 Å². The minimum atomic E-state index is 0.00819. The SMILES string of the molecule is CC.CN=C/C(C)=C(\C)CN.Cn1cc(-c2cnc3ccc4ccccc4c(=O)c3c2)cn1. The number of nitrogens with zero attached hydrogens (tertiary/aromatic N) is 4. The van der Waals surface area contributed by atoms with Crippen LogP contribution in [0.1, 0.15) is 27.7 Å². The summed E-state index contributed by atoms with van der Waals surface area (Å²) in [7, 11) is 3.62. The third-order valence-corrected chi connectivity index (χ3v) is 5.13. The van der Waals surface area contributed by atoms with Crippen LogP contribution in [0.25, 0.3) is 32.8 Å². The molecule has 0 spiro atoms. The van der Waals surface area contributed by atoms with E-state index >= 15 is 0 Å². The largest absolute Gasteiger partial charge is 0.327 e. The molecular weight excluding hydrogens is 410 g/mol. The van der Waals surface area contributed by atoms with Gasteiger partial charge in [-0.2, -0.15) is 5.10 Å². The summed E-state index contributed by atoms with van der Waals surface area (Å²) in [6.45, 7) is 8.64. The number of benzene rings is 1. The molecule has 0 bridgehead atoms. The van der Waals surface area contributed by atoms with Gasteiger partial charge in [0.25, 0.3) is 0 Å². The molecule has 6 heteroatoms. The lowest BCUT2D eigenvalue weighted by Crippen LogP contribution is -2.02. The van der Waals surface area contributed by atoms with Crippen LogP contribution in [0.2, 0.25) is 0 Å². The van der Waals surface area contributed by atoms with E-state index < -0.39 is 0 Å². The first-order valence-electron chi connectivity index (χ1n) is 11.0. The van der Waals surface area contributed by atoms with E-state index in [1.54, 1.807) is 24.1 Å². The van der Waals surface area contributed by atoms with E-state index in [0.717, 1.165) is 16.5 Å². The van der Waals surface area contributed by atoms with Gasteiger partial charge >= 0.3 is 0 Å². The lowest BCUT2D eigenvalue weighted by Gasteiger charge is -1.98. The van der Waals surface area contributed by atoms with Crippen LogP contribution in [-0.4, -0.2) is 34.6 Å². The normalized spacial score (nSPS) is 11.5. The summed E-state index contributed by atoms with van der Waals surface area (Å²) in [6, 6.07) is 13.3. The Kier molecular flexibility index (Phi) is 9.63. The number of hydrogen-bond acceptors (Lipinski definition) is 5. The number of pyridine rings is 1. The molecule has 2 heterocycles. The van der Waals surface area contributed by atoms with Crippen molar-refractivity contribution in [2.75, 3.05) is 13.6 Å². The molecule has 2 N–H and O–H groups in total. The molecule has 0 aliphatic heterocycles. The molecule has 0 fully saturated rings. The van der Waals surface area contributed by atoms with Gasteiger partial charge in [-0.3, -0.25) is 19.5 Å². The third-order valence-electron chi connectivity index (χ3n) is 5.13. The van der Waals surface area contributed by atoms with Gasteiger partial charge in [0.05, 0.1) is 11.7 Å². The fraction of sp³-hybridized carbons (Fsp3) is 0.259. The lowest BCUT2D eigenvalue weighted by molar-refractivity contribution is 0.768. The number of aromatic nitrogens is 3. The van der Waals surface area contributed by atoms with Gasteiger partial charge in [0.2, 0.25) is 0 Å². The molecule has 0 saturated carbocycles. The van der Waals surface area contributed by atoms with Gasteiger partial charge in [-0.25, -0.2) is 0 Å².